The van der Waals surface area contributed by atoms with Crippen LogP contribution in [0.4, 0.5) is 11.6 Å². The van der Waals surface area contributed by atoms with Gasteiger partial charge in [0.2, 0.25) is 0 Å². The molecule has 3 aliphatic rings. The number of rotatable bonds is 12. The average Bonchev–Trinajstić information content (AvgIpc) is 3.23. The number of nitrogens with zero attached hydrogens (tertiary/aromatic N) is 6. The van der Waals surface area contributed by atoms with Gasteiger partial charge in [0.05, 0.1) is 31.7 Å². The maximum atomic E-state index is 13.2. The molecule has 1 saturated carbocycles. The summed E-state index contributed by atoms with van der Waals surface area (Å²) in [7, 11) is -10.1. The number of nitrogens with two attached hydrogens (primary N) is 2. The van der Waals surface area contributed by atoms with Crippen molar-refractivity contribution in [1.82, 2.24) is 29.1 Å². The summed E-state index contributed by atoms with van der Waals surface area (Å²) in [6.07, 6.45) is -5.73. The summed E-state index contributed by atoms with van der Waals surface area (Å²) in [4.78, 5) is 69.0. The monoisotopic (exact) mass is 706 g/mol. The Morgan fingerprint density at radius 1 is 1.02 bits per heavy atom. The van der Waals surface area contributed by atoms with Gasteiger partial charge in [-0.2, -0.15) is 4.98 Å². The molecule has 1 aliphatic carbocycles. The third-order valence-corrected chi connectivity index (χ3v) is 9.12. The zero-order chi connectivity index (χ0) is 33.8. The maximum absolute atomic E-state index is 13.2. The fourth-order valence-electron chi connectivity index (χ4n) is 5.63. The molecule has 0 spiro atoms. The number of aliphatic hydroxyl groups is 2. The van der Waals surface area contributed by atoms with Crippen molar-refractivity contribution in [3.63, 3.8) is 0 Å². The number of phosphoric acid groups is 2. The van der Waals surface area contributed by atoms with Gasteiger partial charge in [0.25, 0.3) is 0 Å². The van der Waals surface area contributed by atoms with Crippen LogP contribution in [-0.4, -0.2) is 116 Å². The van der Waals surface area contributed by atoms with Crippen LogP contribution in [0, 0.1) is 5.92 Å². The van der Waals surface area contributed by atoms with Gasteiger partial charge in [0.15, 0.2) is 23.8 Å². The fraction of sp³-hybridized carbons (Fsp3) is 0.545. The quantitative estimate of drug-likeness (QED) is 0.0727. The van der Waals surface area contributed by atoms with Crippen LogP contribution < -0.4 is 17.2 Å². The predicted molar refractivity (Wildman–Crippen MR) is 149 cm³/mol. The van der Waals surface area contributed by atoms with Crippen LogP contribution in [0.2, 0.25) is 0 Å². The molecule has 23 nitrogen and oxygen atoms in total. The lowest BCUT2D eigenvalue weighted by molar-refractivity contribution is -0.159. The lowest BCUT2D eigenvalue weighted by Crippen LogP contribution is -2.39. The van der Waals surface area contributed by atoms with Crippen molar-refractivity contribution in [1.29, 1.82) is 0 Å². The number of anilines is 2. The number of imidazole rings is 1. The molecule has 47 heavy (non-hydrogen) atoms. The Balaban J connectivity index is 1.19. The summed E-state index contributed by atoms with van der Waals surface area (Å²) in [6, 6.07) is 0.600. The fourth-order valence-corrected chi connectivity index (χ4v) is 6.96. The molecular formula is C22H28N8O15P2. The zero-order valence-electron chi connectivity index (χ0n) is 23.7. The van der Waals surface area contributed by atoms with Gasteiger partial charge < -0.3 is 50.6 Å². The summed E-state index contributed by atoms with van der Waals surface area (Å²) < 4.78 is 58.8. The molecule has 5 heterocycles. The number of phosphoric ester groups is 2. The molecule has 3 unspecified atom stereocenters. The number of aromatic nitrogens is 6. The Kier molecular flexibility index (Phi) is 8.93. The van der Waals surface area contributed by atoms with E-state index in [4.69, 9.17) is 44.5 Å². The minimum absolute atomic E-state index is 0.0285. The van der Waals surface area contributed by atoms with Crippen LogP contribution in [0.1, 0.15) is 12.3 Å². The second kappa shape index (κ2) is 12.5. The Bertz CT molecular complexity index is 1820. The van der Waals surface area contributed by atoms with Crippen LogP contribution in [0.3, 0.4) is 0 Å². The minimum Gasteiger partial charge on any atom is -0.455 e. The smallest absolute Gasteiger partial charge is 0.455 e. The standard InChI is InChI=1S/C22H28N8O15P2/c23-10-1-2-29(22(34)28-10)14-12-16(8(42-18(12)14)4-40-46(35,36)37)45-47(38,39)41-5-9-17(44-11(32)3-31)15(33)21(43-9)30-7-27-13-19(24)25-6-26-20(13)30/h1-2,6-9,12,14-18,21,31,33H,3-5H2,(H,38,39)(H2,23,28,34)(H2,24,25,26)(H2,35,36,37)/t8-,9-,12+,14?,15-,16-,17?,18-,21-/m1/s1. The highest BCUT2D eigenvalue weighted by Gasteiger charge is 2.67. The molecule has 3 fully saturated rings. The van der Waals surface area contributed by atoms with E-state index >= 15 is 0 Å². The van der Waals surface area contributed by atoms with Crippen LogP contribution in [0.5, 0.6) is 0 Å². The number of ether oxygens (including phenoxy) is 3. The van der Waals surface area contributed by atoms with Crippen molar-refractivity contribution in [3.05, 3.63) is 35.4 Å². The maximum Gasteiger partial charge on any atom is 0.472 e. The van der Waals surface area contributed by atoms with E-state index in [0.717, 1.165) is 10.9 Å². The topological polar surface area (TPSA) is 338 Å². The molecule has 3 aromatic rings. The summed E-state index contributed by atoms with van der Waals surface area (Å²) >= 11 is 0. The first-order valence-electron chi connectivity index (χ1n) is 13.6. The summed E-state index contributed by atoms with van der Waals surface area (Å²) in [5, 5.41) is 20.2. The van der Waals surface area contributed by atoms with Gasteiger partial charge in [-0.15, -0.1) is 0 Å². The molecule has 6 rings (SSSR count). The number of esters is 1. The summed E-state index contributed by atoms with van der Waals surface area (Å²) in [6.45, 7) is -2.64. The molecule has 0 amide bonds. The molecule has 10 atom stereocenters. The van der Waals surface area contributed by atoms with Gasteiger partial charge in [-0.3, -0.25) is 22.7 Å². The molecule has 0 bridgehead atoms. The van der Waals surface area contributed by atoms with Crippen molar-refractivity contribution in [2.75, 3.05) is 31.3 Å². The number of fused-ring (bicyclic) bond motifs is 2. The van der Waals surface area contributed by atoms with Crippen molar-refractivity contribution in [2.45, 2.75) is 48.9 Å². The number of carbonyl (C=O) groups excluding carboxylic acids is 1. The van der Waals surface area contributed by atoms with E-state index in [-0.39, 0.29) is 22.8 Å². The van der Waals surface area contributed by atoms with Crippen molar-refractivity contribution in [3.8, 4) is 0 Å². The Morgan fingerprint density at radius 2 is 1.74 bits per heavy atom. The van der Waals surface area contributed by atoms with Gasteiger partial charge >= 0.3 is 27.3 Å². The van der Waals surface area contributed by atoms with Gasteiger partial charge in [0.1, 0.15) is 48.7 Å². The first kappa shape index (κ1) is 33.5. The normalized spacial score (nSPS) is 31.5. The lowest BCUT2D eigenvalue weighted by Gasteiger charge is -2.26. The number of hydrogen-bond acceptors (Lipinski definition) is 18. The zero-order valence-corrected chi connectivity index (χ0v) is 25.5. The Labute approximate surface area is 261 Å². The van der Waals surface area contributed by atoms with E-state index in [2.05, 4.69) is 24.5 Å². The average molecular weight is 706 g/mol. The van der Waals surface area contributed by atoms with Crippen LogP contribution in [0.25, 0.3) is 11.2 Å². The molecule has 9 N–H and O–H groups in total. The molecule has 2 aliphatic heterocycles. The van der Waals surface area contributed by atoms with Crippen molar-refractivity contribution < 1.29 is 66.6 Å². The first-order valence-corrected chi connectivity index (χ1v) is 16.6. The van der Waals surface area contributed by atoms with Crippen molar-refractivity contribution in [2.24, 2.45) is 5.92 Å². The Hall–Kier alpha value is -3.44. The SMILES string of the molecule is Nc1ccn(C2[C@H]3[C@H](OP(=O)(O)OC[C@H]4O[C@@H](n5cnc6c(N)ncnc65)[C@H](O)C4OC(=O)CO)[C@@H](COP(=O)(O)O)O[C@@H]23)c(=O)n1. The molecular weight excluding hydrogens is 678 g/mol. The van der Waals surface area contributed by atoms with Crippen LogP contribution in [-0.2, 0) is 41.7 Å². The van der Waals surface area contributed by atoms with Crippen molar-refractivity contribution >= 4 is 44.4 Å². The largest absolute Gasteiger partial charge is 0.472 e. The molecule has 0 radical (unpaired) electrons. The molecule has 0 aromatic carbocycles. The highest BCUT2D eigenvalue weighted by atomic mass is 31.2. The van der Waals surface area contributed by atoms with Gasteiger partial charge in [-0.25, -0.2) is 33.7 Å². The first-order chi connectivity index (χ1) is 22.2. The minimum atomic E-state index is -5.12. The van der Waals surface area contributed by atoms with Crippen LogP contribution >= 0.6 is 15.6 Å². The third kappa shape index (κ3) is 6.79. The number of nitrogen functional groups attached to an aromatic ring is 2. The number of aliphatic hydroxyl groups excluding tert-OH is 2. The van der Waals surface area contributed by atoms with Gasteiger partial charge in [0, 0.05) is 12.1 Å². The summed E-state index contributed by atoms with van der Waals surface area (Å²) in [5.74, 6) is -1.96. The molecule has 256 valence electrons. The lowest BCUT2D eigenvalue weighted by atomic mass is 10.1. The number of hydrogen-bond donors (Lipinski definition) is 7. The van der Waals surface area contributed by atoms with Gasteiger partial charge in [-0.1, -0.05) is 0 Å². The highest BCUT2D eigenvalue weighted by molar-refractivity contribution is 7.47. The molecule has 25 heteroatoms. The van der Waals surface area contributed by atoms with E-state index < -0.39 is 102 Å². The Morgan fingerprint density at radius 3 is 2.45 bits per heavy atom. The van der Waals surface area contributed by atoms with E-state index in [1.165, 1.54) is 23.2 Å². The second-order valence-corrected chi connectivity index (χ2v) is 13.3. The summed E-state index contributed by atoms with van der Waals surface area (Å²) in [5.41, 5.74) is 10.9. The second-order valence-electron chi connectivity index (χ2n) is 10.6. The van der Waals surface area contributed by atoms with Gasteiger partial charge in [-0.05, 0) is 6.07 Å². The molecule has 3 aromatic heterocycles. The predicted octanol–water partition coefficient (Wildman–Crippen LogP) is -3.04. The highest BCUT2D eigenvalue weighted by Crippen LogP contribution is 2.60. The third-order valence-electron chi connectivity index (χ3n) is 7.65. The van der Waals surface area contributed by atoms with E-state index in [0.29, 0.717) is 0 Å². The van der Waals surface area contributed by atoms with E-state index in [9.17, 15) is 33.8 Å². The van der Waals surface area contributed by atoms with Crippen LogP contribution in [0.15, 0.2) is 29.7 Å². The van der Waals surface area contributed by atoms with E-state index in [1.54, 1.807) is 0 Å². The number of carbonyl (C=O) groups is 1. The van der Waals surface area contributed by atoms with E-state index in [1.807, 2.05) is 0 Å². The molecule has 2 saturated heterocycles.